The van der Waals surface area contributed by atoms with Crippen LogP contribution in [0.15, 0.2) is 36.5 Å². The van der Waals surface area contributed by atoms with Gasteiger partial charge in [0.15, 0.2) is 0 Å². The van der Waals surface area contributed by atoms with Crippen LogP contribution in [0.25, 0.3) is 0 Å². The van der Waals surface area contributed by atoms with Gasteiger partial charge in [0.25, 0.3) is 5.91 Å². The first-order valence-electron chi connectivity index (χ1n) is 8.57. The van der Waals surface area contributed by atoms with E-state index < -0.39 is 0 Å². The monoisotopic (exact) mass is 358 g/mol. The fourth-order valence-corrected chi connectivity index (χ4v) is 3.22. The van der Waals surface area contributed by atoms with Crippen molar-refractivity contribution in [1.29, 1.82) is 0 Å². The number of anilines is 2. The Morgan fingerprint density at radius 2 is 1.96 bits per heavy atom. The Labute approximate surface area is 153 Å². The van der Waals surface area contributed by atoms with Gasteiger partial charge in [0.05, 0.1) is 5.56 Å². The topological polar surface area (TPSA) is 48.5 Å². The summed E-state index contributed by atoms with van der Waals surface area (Å²) in [6, 6.07) is 9.34. The molecular formula is C19H23ClN4O. The van der Waals surface area contributed by atoms with Gasteiger partial charge >= 0.3 is 0 Å². The first kappa shape index (κ1) is 17.7. The van der Waals surface area contributed by atoms with Gasteiger partial charge in [0.1, 0.15) is 5.15 Å². The highest BCUT2D eigenvalue weighted by Crippen LogP contribution is 2.25. The molecule has 6 heteroatoms. The van der Waals surface area contributed by atoms with Crippen molar-refractivity contribution in [2.24, 2.45) is 0 Å². The van der Waals surface area contributed by atoms with Crippen LogP contribution in [-0.4, -0.2) is 48.5 Å². The number of aryl methyl sites for hydroxylation is 1. The largest absolute Gasteiger partial charge is 0.369 e. The molecule has 0 saturated carbocycles. The molecule has 2 aromatic rings. The molecule has 1 amide bonds. The zero-order chi connectivity index (χ0) is 17.8. The molecule has 0 atom stereocenters. The fraction of sp³-hybridized carbons (Fsp3) is 0.368. The summed E-state index contributed by atoms with van der Waals surface area (Å²) >= 11 is 5.76. The first-order valence-corrected chi connectivity index (χ1v) is 8.95. The van der Waals surface area contributed by atoms with Gasteiger partial charge in [-0.25, -0.2) is 4.98 Å². The van der Waals surface area contributed by atoms with E-state index in [0.29, 0.717) is 10.7 Å². The second-order valence-corrected chi connectivity index (χ2v) is 6.63. The first-order chi connectivity index (χ1) is 12.1. The summed E-state index contributed by atoms with van der Waals surface area (Å²) in [4.78, 5) is 21.1. The highest BCUT2D eigenvalue weighted by atomic mass is 35.5. The molecule has 1 aromatic heterocycles. The molecule has 1 saturated heterocycles. The molecule has 1 aromatic carbocycles. The quantitative estimate of drug-likeness (QED) is 0.850. The second kappa shape index (κ2) is 7.85. The number of piperazine rings is 1. The number of hydrogen-bond donors (Lipinski definition) is 1. The van der Waals surface area contributed by atoms with E-state index in [9.17, 15) is 4.79 Å². The van der Waals surface area contributed by atoms with Crippen molar-refractivity contribution in [1.82, 2.24) is 9.88 Å². The Hall–Kier alpha value is -2.11. The summed E-state index contributed by atoms with van der Waals surface area (Å²) in [5.74, 6) is -0.187. The van der Waals surface area contributed by atoms with Crippen molar-refractivity contribution >= 4 is 28.9 Å². The Kier molecular flexibility index (Phi) is 5.56. The summed E-state index contributed by atoms with van der Waals surface area (Å²) in [5, 5.41) is 3.29. The van der Waals surface area contributed by atoms with Crippen LogP contribution >= 0.6 is 11.6 Å². The zero-order valence-electron chi connectivity index (χ0n) is 14.6. The SMILES string of the molecule is CCN1CCN(c2ccc(NC(=O)c3ccc(Cl)nc3)cc2C)CC1. The molecule has 25 heavy (non-hydrogen) atoms. The molecule has 0 aliphatic carbocycles. The van der Waals surface area contributed by atoms with E-state index in [-0.39, 0.29) is 5.91 Å². The summed E-state index contributed by atoms with van der Waals surface area (Å²) < 4.78 is 0. The molecule has 2 heterocycles. The fourth-order valence-electron chi connectivity index (χ4n) is 3.11. The van der Waals surface area contributed by atoms with Gasteiger partial charge in [-0.05, 0) is 49.4 Å². The number of carbonyl (C=O) groups is 1. The number of nitrogens with one attached hydrogen (secondary N) is 1. The van der Waals surface area contributed by atoms with Crippen LogP contribution in [0.2, 0.25) is 5.15 Å². The van der Waals surface area contributed by atoms with Crippen molar-refractivity contribution in [2.75, 3.05) is 42.9 Å². The van der Waals surface area contributed by atoms with Crippen LogP contribution in [0.3, 0.4) is 0 Å². The summed E-state index contributed by atoms with van der Waals surface area (Å²) in [6.45, 7) is 9.66. The predicted molar refractivity (Wildman–Crippen MR) is 103 cm³/mol. The lowest BCUT2D eigenvalue weighted by atomic mass is 10.1. The van der Waals surface area contributed by atoms with Crippen LogP contribution in [-0.2, 0) is 0 Å². The minimum absolute atomic E-state index is 0.187. The summed E-state index contributed by atoms with van der Waals surface area (Å²) in [5.41, 5.74) is 3.68. The highest BCUT2D eigenvalue weighted by molar-refractivity contribution is 6.29. The number of pyridine rings is 1. The number of nitrogens with zero attached hydrogens (tertiary/aromatic N) is 3. The van der Waals surface area contributed by atoms with Gasteiger partial charge in [0, 0.05) is 43.8 Å². The van der Waals surface area contributed by atoms with Gasteiger partial charge in [-0.15, -0.1) is 0 Å². The molecule has 0 unspecified atom stereocenters. The maximum absolute atomic E-state index is 12.3. The van der Waals surface area contributed by atoms with Crippen LogP contribution in [0, 0.1) is 6.92 Å². The maximum Gasteiger partial charge on any atom is 0.257 e. The third-order valence-corrected chi connectivity index (χ3v) is 4.83. The van der Waals surface area contributed by atoms with E-state index in [1.165, 1.54) is 11.9 Å². The summed E-state index contributed by atoms with van der Waals surface area (Å²) in [7, 11) is 0. The maximum atomic E-state index is 12.3. The van der Waals surface area contributed by atoms with Gasteiger partial charge < -0.3 is 15.1 Å². The molecule has 1 fully saturated rings. The van der Waals surface area contributed by atoms with E-state index in [0.717, 1.165) is 44.0 Å². The lowest BCUT2D eigenvalue weighted by Crippen LogP contribution is -2.46. The molecule has 5 nitrogen and oxygen atoms in total. The highest BCUT2D eigenvalue weighted by Gasteiger charge is 2.17. The van der Waals surface area contributed by atoms with Crippen molar-refractivity contribution in [2.45, 2.75) is 13.8 Å². The number of likely N-dealkylation sites (N-methyl/N-ethyl adjacent to an activating group) is 1. The van der Waals surface area contributed by atoms with E-state index >= 15 is 0 Å². The van der Waals surface area contributed by atoms with E-state index in [1.807, 2.05) is 12.1 Å². The minimum atomic E-state index is -0.187. The Bertz CT molecular complexity index is 740. The van der Waals surface area contributed by atoms with E-state index in [2.05, 4.69) is 40.0 Å². The molecule has 1 N–H and O–H groups in total. The lowest BCUT2D eigenvalue weighted by molar-refractivity contribution is 0.102. The Morgan fingerprint density at radius 3 is 2.56 bits per heavy atom. The number of halogens is 1. The van der Waals surface area contributed by atoms with E-state index in [4.69, 9.17) is 11.6 Å². The second-order valence-electron chi connectivity index (χ2n) is 6.25. The van der Waals surface area contributed by atoms with E-state index in [1.54, 1.807) is 12.1 Å². The zero-order valence-corrected chi connectivity index (χ0v) is 15.4. The van der Waals surface area contributed by atoms with Crippen LogP contribution < -0.4 is 10.2 Å². The molecule has 0 spiro atoms. The average Bonchev–Trinajstić information content (AvgIpc) is 2.62. The van der Waals surface area contributed by atoms with Gasteiger partial charge in [-0.3, -0.25) is 4.79 Å². The molecule has 1 aliphatic rings. The predicted octanol–water partition coefficient (Wildman–Crippen LogP) is 3.44. The van der Waals surface area contributed by atoms with Gasteiger partial charge in [-0.2, -0.15) is 0 Å². The normalized spacial score (nSPS) is 15.2. The lowest BCUT2D eigenvalue weighted by Gasteiger charge is -2.36. The van der Waals surface area contributed by atoms with Gasteiger partial charge in [-0.1, -0.05) is 18.5 Å². The number of benzene rings is 1. The smallest absolute Gasteiger partial charge is 0.257 e. The average molecular weight is 359 g/mol. The summed E-state index contributed by atoms with van der Waals surface area (Å²) in [6.07, 6.45) is 1.48. The third kappa shape index (κ3) is 4.30. The minimum Gasteiger partial charge on any atom is -0.369 e. The van der Waals surface area contributed by atoms with Crippen LogP contribution in [0.5, 0.6) is 0 Å². The molecular weight excluding hydrogens is 336 g/mol. The van der Waals surface area contributed by atoms with Crippen molar-refractivity contribution < 1.29 is 4.79 Å². The number of aromatic nitrogens is 1. The molecule has 0 bridgehead atoms. The molecule has 3 rings (SSSR count). The van der Waals surface area contributed by atoms with Gasteiger partial charge in [0.2, 0.25) is 0 Å². The number of rotatable bonds is 4. The molecule has 1 aliphatic heterocycles. The standard InChI is InChI=1S/C19H23ClN4O/c1-3-23-8-10-24(11-9-23)17-6-5-16(12-14(17)2)22-19(25)15-4-7-18(20)21-13-15/h4-7,12-13H,3,8-11H2,1-2H3,(H,22,25). The van der Waals surface area contributed by atoms with Crippen LogP contribution in [0.1, 0.15) is 22.8 Å². The van der Waals surface area contributed by atoms with Crippen LogP contribution in [0.4, 0.5) is 11.4 Å². The van der Waals surface area contributed by atoms with Crippen molar-refractivity contribution in [3.8, 4) is 0 Å². The number of carbonyl (C=O) groups excluding carboxylic acids is 1. The molecule has 0 radical (unpaired) electrons. The Morgan fingerprint density at radius 1 is 1.20 bits per heavy atom. The number of amides is 1. The van der Waals surface area contributed by atoms with Crippen molar-refractivity contribution in [3.05, 3.63) is 52.8 Å². The third-order valence-electron chi connectivity index (χ3n) is 4.60. The Balaban J connectivity index is 1.67. The van der Waals surface area contributed by atoms with Crippen molar-refractivity contribution in [3.63, 3.8) is 0 Å². The molecule has 132 valence electrons. The number of hydrogen-bond acceptors (Lipinski definition) is 4.